The maximum Gasteiger partial charge on any atom is 0.330 e. The van der Waals surface area contributed by atoms with Gasteiger partial charge in [0.2, 0.25) is 0 Å². The number of aliphatic hydroxyl groups is 1. The summed E-state index contributed by atoms with van der Waals surface area (Å²) in [5.41, 5.74) is 0.881. The number of hydrogen-bond acceptors (Lipinski definition) is 7. The van der Waals surface area contributed by atoms with E-state index in [1.807, 2.05) is 84.9 Å². The van der Waals surface area contributed by atoms with Crippen LogP contribution in [0.1, 0.15) is 22.9 Å². The molecule has 4 aromatic rings. The van der Waals surface area contributed by atoms with Crippen LogP contribution in [-0.4, -0.2) is 64.6 Å². The Hall–Kier alpha value is -4.02. The van der Waals surface area contributed by atoms with Gasteiger partial charge in [0.15, 0.2) is 6.23 Å². The van der Waals surface area contributed by atoms with Gasteiger partial charge in [-0.05, 0) is 28.8 Å². The molecule has 40 heavy (non-hydrogen) atoms. The van der Waals surface area contributed by atoms with Gasteiger partial charge in [-0.15, -0.1) is 0 Å². The molecule has 2 N–H and O–H groups in total. The van der Waals surface area contributed by atoms with Crippen LogP contribution in [0.5, 0.6) is 5.75 Å². The molecule has 3 heterocycles. The van der Waals surface area contributed by atoms with E-state index in [1.165, 1.54) is 16.8 Å². The maximum absolute atomic E-state index is 12.6. The minimum absolute atomic E-state index is 0.0162. The number of morpholine rings is 1. The average molecular weight is 542 g/mol. The lowest BCUT2D eigenvalue weighted by Gasteiger charge is -2.37. The predicted molar refractivity (Wildman–Crippen MR) is 148 cm³/mol. The van der Waals surface area contributed by atoms with Gasteiger partial charge >= 0.3 is 5.69 Å². The van der Waals surface area contributed by atoms with Crippen LogP contribution in [0.4, 0.5) is 0 Å². The van der Waals surface area contributed by atoms with Crippen molar-refractivity contribution in [2.45, 2.75) is 30.0 Å². The Balaban J connectivity index is 1.39. The van der Waals surface area contributed by atoms with Crippen molar-refractivity contribution in [3.8, 4) is 5.75 Å². The Bertz CT molecular complexity index is 1510. The number of rotatable bonds is 10. The van der Waals surface area contributed by atoms with Crippen LogP contribution in [-0.2, 0) is 15.1 Å². The summed E-state index contributed by atoms with van der Waals surface area (Å²) in [6.07, 6.45) is 0.459. The number of nitrogens with one attached hydrogen (secondary N) is 1. The van der Waals surface area contributed by atoms with Gasteiger partial charge in [0.1, 0.15) is 17.5 Å². The second kappa shape index (κ2) is 10.9. The highest BCUT2D eigenvalue weighted by Gasteiger charge is 2.63. The third-order valence-corrected chi connectivity index (χ3v) is 7.82. The van der Waals surface area contributed by atoms with Gasteiger partial charge < -0.3 is 19.3 Å². The van der Waals surface area contributed by atoms with Crippen molar-refractivity contribution in [1.82, 2.24) is 14.5 Å². The largest absolute Gasteiger partial charge is 0.497 e. The van der Waals surface area contributed by atoms with Crippen molar-refractivity contribution < 1.29 is 19.3 Å². The number of aromatic amines is 1. The van der Waals surface area contributed by atoms with Crippen LogP contribution < -0.4 is 16.0 Å². The molecule has 206 valence electrons. The van der Waals surface area contributed by atoms with E-state index in [4.69, 9.17) is 14.2 Å². The number of fused-ring (bicyclic) bond motifs is 1. The second-order valence-electron chi connectivity index (χ2n) is 9.98. The smallest absolute Gasteiger partial charge is 0.330 e. The second-order valence-corrected chi connectivity index (χ2v) is 9.98. The van der Waals surface area contributed by atoms with E-state index < -0.39 is 23.1 Å². The number of aromatic nitrogens is 2. The molecule has 9 nitrogen and oxygen atoms in total. The highest BCUT2D eigenvalue weighted by molar-refractivity contribution is 5.48. The summed E-state index contributed by atoms with van der Waals surface area (Å²) >= 11 is 0. The van der Waals surface area contributed by atoms with Crippen molar-refractivity contribution in [1.29, 1.82) is 0 Å². The summed E-state index contributed by atoms with van der Waals surface area (Å²) in [6, 6.07) is 29.1. The van der Waals surface area contributed by atoms with Crippen molar-refractivity contribution >= 4 is 0 Å². The van der Waals surface area contributed by atoms with E-state index >= 15 is 0 Å². The lowest BCUT2D eigenvalue weighted by Crippen LogP contribution is -2.39. The third kappa shape index (κ3) is 4.56. The molecule has 1 aromatic heterocycles. The van der Waals surface area contributed by atoms with Crippen molar-refractivity contribution in [2.75, 3.05) is 26.9 Å². The third-order valence-electron chi connectivity index (χ3n) is 7.82. The Morgan fingerprint density at radius 3 is 2.08 bits per heavy atom. The standard InChI is InChI=1S/C31H31N3O6/c1-38-24-14-12-23(13-15-24)31(21-8-4-2-5-9-21,22-10-6-3-7-11-22)39-20-25-27-28(33(27)18-19-35)29(40-25)34-17-16-26(36)32-30(34)37/h2-17,25,27-29,35H,18-20H2,1H3,(H,32,36,37)/t25-,27-,28-,29-,33?/m1/s1. The summed E-state index contributed by atoms with van der Waals surface area (Å²) in [7, 11) is 1.64. The highest BCUT2D eigenvalue weighted by atomic mass is 16.6. The summed E-state index contributed by atoms with van der Waals surface area (Å²) in [5.74, 6) is 0.743. The van der Waals surface area contributed by atoms with Crippen molar-refractivity contribution in [3.05, 3.63) is 135 Å². The van der Waals surface area contributed by atoms with Crippen molar-refractivity contribution in [2.24, 2.45) is 0 Å². The van der Waals surface area contributed by atoms with Gasteiger partial charge in [-0.25, -0.2) is 4.79 Å². The average Bonchev–Trinajstić information content (AvgIpc) is 3.56. The Morgan fingerprint density at radius 1 is 0.875 bits per heavy atom. The molecule has 0 aliphatic carbocycles. The van der Waals surface area contributed by atoms with E-state index in [9.17, 15) is 14.7 Å². The molecule has 2 aliphatic rings. The lowest BCUT2D eigenvalue weighted by molar-refractivity contribution is -0.103. The molecule has 0 bridgehead atoms. The Labute approximate surface area is 231 Å². The molecule has 0 radical (unpaired) electrons. The summed E-state index contributed by atoms with van der Waals surface area (Å²) < 4.78 is 20.2. The number of hydrogen-bond donors (Lipinski definition) is 2. The number of β-amino-alcohol motifs (C(OH)–C–C–N with tert-alkyl or cyclic N) is 1. The van der Waals surface area contributed by atoms with Gasteiger partial charge in [0, 0.05) is 18.8 Å². The zero-order chi connectivity index (χ0) is 27.7. The fourth-order valence-electron chi connectivity index (χ4n) is 5.96. The molecule has 9 heteroatoms. The number of H-pyrrole nitrogens is 1. The molecule has 2 fully saturated rings. The Kier molecular flexibility index (Phi) is 7.12. The number of benzene rings is 3. The molecule has 1 unspecified atom stereocenters. The molecule has 0 saturated carbocycles. The van der Waals surface area contributed by atoms with E-state index in [-0.39, 0.29) is 31.4 Å². The van der Waals surface area contributed by atoms with E-state index in [0.29, 0.717) is 6.54 Å². The number of aliphatic hydroxyl groups excluding tert-OH is 1. The molecule has 0 spiro atoms. The molecule has 2 saturated heterocycles. The van der Waals surface area contributed by atoms with E-state index in [0.717, 1.165) is 22.4 Å². The van der Waals surface area contributed by atoms with Gasteiger partial charge in [-0.1, -0.05) is 72.8 Å². The molecule has 5 atom stereocenters. The minimum atomic E-state index is -0.961. The minimum Gasteiger partial charge on any atom is -0.497 e. The summed E-state index contributed by atoms with van der Waals surface area (Å²) in [6.45, 7) is 0.649. The molecule has 0 amide bonds. The maximum atomic E-state index is 12.6. The molecular weight excluding hydrogens is 510 g/mol. The zero-order valence-corrected chi connectivity index (χ0v) is 22.1. The van der Waals surface area contributed by atoms with Gasteiger partial charge in [0.25, 0.3) is 5.56 Å². The van der Waals surface area contributed by atoms with Crippen LogP contribution >= 0.6 is 0 Å². The van der Waals surface area contributed by atoms with Crippen LogP contribution in [0.25, 0.3) is 0 Å². The monoisotopic (exact) mass is 541 g/mol. The summed E-state index contributed by atoms with van der Waals surface area (Å²) in [4.78, 5) is 28.7. The van der Waals surface area contributed by atoms with Gasteiger partial charge in [-0.3, -0.25) is 19.2 Å². The van der Waals surface area contributed by atoms with Crippen LogP contribution in [0.3, 0.4) is 0 Å². The fraction of sp³-hybridized carbons (Fsp3) is 0.290. The van der Waals surface area contributed by atoms with Crippen molar-refractivity contribution in [3.63, 3.8) is 0 Å². The first kappa shape index (κ1) is 26.2. The summed E-state index contributed by atoms with van der Waals surface area (Å²) in [5, 5.41) is 9.67. The van der Waals surface area contributed by atoms with Crippen LogP contribution in [0, 0.1) is 0 Å². The molecule has 3 aromatic carbocycles. The predicted octanol–water partition coefficient (Wildman–Crippen LogP) is 2.50. The van der Waals surface area contributed by atoms with E-state index in [1.54, 1.807) is 7.11 Å². The fourth-order valence-corrected chi connectivity index (χ4v) is 5.96. The quantitative estimate of drug-likeness (QED) is 0.235. The van der Waals surface area contributed by atoms with Gasteiger partial charge in [0.05, 0.1) is 32.4 Å². The number of methoxy groups -OCH3 is 1. The molecular formula is C31H31N3O6. The SMILES string of the molecule is COc1ccc(C(OC[C@H]2O[C@@H](n3ccc(=O)[nH]c3=O)[C@H]3[C@@H]2N3CCO)(c2ccccc2)c2ccccc2)cc1. The number of nitrogens with zero attached hydrogens (tertiary/aromatic N) is 2. The first-order chi connectivity index (χ1) is 19.6. The lowest BCUT2D eigenvalue weighted by atomic mass is 9.80. The van der Waals surface area contributed by atoms with E-state index in [2.05, 4.69) is 9.88 Å². The highest BCUT2D eigenvalue weighted by Crippen LogP contribution is 2.49. The topological polar surface area (TPSA) is 106 Å². The zero-order valence-electron chi connectivity index (χ0n) is 22.1. The number of ether oxygens (including phenoxy) is 3. The first-order valence-corrected chi connectivity index (χ1v) is 13.3. The van der Waals surface area contributed by atoms with Crippen LogP contribution in [0.2, 0.25) is 0 Å². The first-order valence-electron chi connectivity index (χ1n) is 13.3. The normalized spacial score (nSPS) is 23.5. The van der Waals surface area contributed by atoms with Gasteiger partial charge in [-0.2, -0.15) is 0 Å². The van der Waals surface area contributed by atoms with Crippen LogP contribution in [0.15, 0.2) is 107 Å². The molecule has 2 aliphatic heterocycles. The molecule has 6 rings (SSSR count). The Morgan fingerprint density at radius 2 is 1.50 bits per heavy atom.